The lowest BCUT2D eigenvalue weighted by Gasteiger charge is -2.37. The number of anilines is 1. The average Bonchev–Trinajstić information content (AvgIpc) is 3.40. The van der Waals surface area contributed by atoms with Gasteiger partial charge in [-0.15, -0.1) is 0 Å². The minimum atomic E-state index is -0.530. The van der Waals surface area contributed by atoms with Crippen molar-refractivity contribution < 1.29 is 14.3 Å². The summed E-state index contributed by atoms with van der Waals surface area (Å²) in [6.45, 7) is 18.3. The number of ether oxygens (including phenoxy) is 1. The molecule has 0 N–H and O–H groups in total. The Morgan fingerprint density at radius 3 is 2.17 bits per heavy atom. The summed E-state index contributed by atoms with van der Waals surface area (Å²) in [5.74, 6) is 0.137. The van der Waals surface area contributed by atoms with Gasteiger partial charge in [-0.2, -0.15) is 5.10 Å². The molecule has 0 saturated carbocycles. The molecule has 8 heteroatoms. The summed E-state index contributed by atoms with van der Waals surface area (Å²) in [6.07, 6.45) is 2.97. The van der Waals surface area contributed by atoms with Crippen LogP contribution in [0.25, 0.3) is 5.69 Å². The molecule has 2 aromatic carbocycles. The van der Waals surface area contributed by atoms with Gasteiger partial charge in [-0.05, 0) is 102 Å². The molecule has 2 saturated heterocycles. The van der Waals surface area contributed by atoms with Gasteiger partial charge in [-0.1, -0.05) is 18.2 Å². The van der Waals surface area contributed by atoms with Crippen molar-refractivity contribution in [1.82, 2.24) is 19.6 Å². The Balaban J connectivity index is 1.38. The highest BCUT2D eigenvalue weighted by molar-refractivity contribution is 5.95. The van der Waals surface area contributed by atoms with E-state index in [1.165, 1.54) is 27.9 Å². The first-order valence-electron chi connectivity index (χ1n) is 15.2. The molecule has 0 atom stereocenters. The van der Waals surface area contributed by atoms with E-state index in [1.807, 2.05) is 30.4 Å². The number of benzene rings is 2. The molecule has 0 bridgehead atoms. The first kappa shape index (κ1) is 29.7. The number of likely N-dealkylation sites (tertiary alicyclic amines) is 1. The van der Waals surface area contributed by atoms with Crippen LogP contribution in [0.1, 0.15) is 77.8 Å². The fourth-order valence-corrected chi connectivity index (χ4v) is 6.04. The Kier molecular flexibility index (Phi) is 8.35. The van der Waals surface area contributed by atoms with Crippen molar-refractivity contribution in [3.63, 3.8) is 0 Å². The lowest BCUT2D eigenvalue weighted by atomic mass is 9.90. The molecule has 2 aliphatic heterocycles. The number of carbonyl (C=O) groups is 2. The van der Waals surface area contributed by atoms with Crippen molar-refractivity contribution in [3.8, 4) is 5.69 Å². The van der Waals surface area contributed by atoms with Gasteiger partial charge in [0, 0.05) is 50.9 Å². The van der Waals surface area contributed by atoms with Crippen LogP contribution in [-0.4, -0.2) is 76.5 Å². The van der Waals surface area contributed by atoms with Crippen LogP contribution in [0.3, 0.4) is 0 Å². The van der Waals surface area contributed by atoms with Crippen LogP contribution in [0.5, 0.6) is 0 Å². The predicted molar refractivity (Wildman–Crippen MR) is 167 cm³/mol. The molecule has 5 rings (SSSR count). The summed E-state index contributed by atoms with van der Waals surface area (Å²) >= 11 is 0. The first-order valence-corrected chi connectivity index (χ1v) is 15.2. The third-order valence-corrected chi connectivity index (χ3v) is 8.79. The normalized spacial score (nSPS) is 16.6. The highest BCUT2D eigenvalue weighted by Crippen LogP contribution is 2.34. The minimum absolute atomic E-state index is 0.0373. The van der Waals surface area contributed by atoms with E-state index in [4.69, 9.17) is 9.84 Å². The number of rotatable bonds is 4. The fraction of sp³-hybridized carbons (Fsp3) is 0.500. The third kappa shape index (κ3) is 6.18. The van der Waals surface area contributed by atoms with Gasteiger partial charge in [-0.25, -0.2) is 9.48 Å². The molecule has 2 amide bonds. The zero-order valence-electron chi connectivity index (χ0n) is 26.2. The number of piperidine rings is 1. The van der Waals surface area contributed by atoms with E-state index in [2.05, 4.69) is 69.0 Å². The summed E-state index contributed by atoms with van der Waals surface area (Å²) in [5.41, 5.74) is 8.29. The van der Waals surface area contributed by atoms with Gasteiger partial charge in [0.15, 0.2) is 0 Å². The predicted octanol–water partition coefficient (Wildman–Crippen LogP) is 6.18. The van der Waals surface area contributed by atoms with Crippen LogP contribution in [-0.2, 0) is 4.74 Å². The number of hydrogen-bond donors (Lipinski definition) is 0. The maximum atomic E-state index is 14.1. The van der Waals surface area contributed by atoms with Crippen molar-refractivity contribution in [2.24, 2.45) is 0 Å². The van der Waals surface area contributed by atoms with E-state index in [-0.39, 0.29) is 17.9 Å². The monoisotopic (exact) mass is 571 g/mol. The van der Waals surface area contributed by atoms with Gasteiger partial charge in [0.1, 0.15) is 5.60 Å². The van der Waals surface area contributed by atoms with Gasteiger partial charge in [0.05, 0.1) is 23.1 Å². The molecule has 8 nitrogen and oxygen atoms in total. The maximum Gasteiger partial charge on any atom is 0.410 e. The largest absolute Gasteiger partial charge is 0.444 e. The summed E-state index contributed by atoms with van der Waals surface area (Å²) < 4.78 is 7.58. The maximum absolute atomic E-state index is 14.1. The highest BCUT2D eigenvalue weighted by Gasteiger charge is 2.34. The molecule has 1 aromatic heterocycles. The topological polar surface area (TPSA) is 70.9 Å². The minimum Gasteiger partial charge on any atom is -0.444 e. The van der Waals surface area contributed by atoms with E-state index >= 15 is 0 Å². The Bertz CT molecular complexity index is 1450. The SMILES string of the molecule is Cc1ccc(-n2ncc(C(=O)N3CCN(c4cccc(C)c4C)CC3)c2C2CCN(C(=O)OC(C)(C)C)CC2)cc1C. The zero-order chi connectivity index (χ0) is 30.2. The van der Waals surface area contributed by atoms with Crippen molar-refractivity contribution >= 4 is 17.7 Å². The zero-order valence-corrected chi connectivity index (χ0v) is 26.2. The van der Waals surface area contributed by atoms with Gasteiger partial charge >= 0.3 is 6.09 Å². The lowest BCUT2D eigenvalue weighted by molar-refractivity contribution is 0.0203. The van der Waals surface area contributed by atoms with Gasteiger partial charge < -0.3 is 19.4 Å². The van der Waals surface area contributed by atoms with Crippen molar-refractivity contribution in [1.29, 1.82) is 0 Å². The molecule has 0 spiro atoms. The number of amides is 2. The number of hydrogen-bond acceptors (Lipinski definition) is 5. The highest BCUT2D eigenvalue weighted by atomic mass is 16.6. The van der Waals surface area contributed by atoms with Crippen molar-refractivity contribution in [2.75, 3.05) is 44.2 Å². The van der Waals surface area contributed by atoms with Crippen molar-refractivity contribution in [3.05, 3.63) is 76.1 Å². The first-order chi connectivity index (χ1) is 19.9. The van der Waals surface area contributed by atoms with E-state index < -0.39 is 5.60 Å². The molecule has 42 heavy (non-hydrogen) atoms. The van der Waals surface area contributed by atoms with Crippen LogP contribution in [0.4, 0.5) is 10.5 Å². The number of nitrogens with zero attached hydrogens (tertiary/aromatic N) is 5. The van der Waals surface area contributed by atoms with Gasteiger partial charge in [-0.3, -0.25) is 4.79 Å². The van der Waals surface area contributed by atoms with Crippen LogP contribution in [0.2, 0.25) is 0 Å². The quantitative estimate of drug-likeness (QED) is 0.374. The summed E-state index contributed by atoms with van der Waals surface area (Å²) in [4.78, 5) is 33.0. The van der Waals surface area contributed by atoms with E-state index in [0.29, 0.717) is 31.7 Å². The standard InChI is InChI=1S/C34H45N5O3/c1-23-11-12-28(21-25(23)3)39-31(27-13-15-38(16-14-27)33(41)42-34(5,6)7)29(22-35-39)32(40)37-19-17-36(18-20-37)30-10-8-9-24(2)26(30)4/h8-12,21-22,27H,13-20H2,1-7H3. The molecule has 3 heterocycles. The van der Waals surface area contributed by atoms with Gasteiger partial charge in [0.25, 0.3) is 5.91 Å². The Morgan fingerprint density at radius 2 is 1.52 bits per heavy atom. The second-order valence-corrected chi connectivity index (χ2v) is 12.9. The Morgan fingerprint density at radius 1 is 0.833 bits per heavy atom. The molecule has 0 aliphatic carbocycles. The second-order valence-electron chi connectivity index (χ2n) is 12.9. The summed E-state index contributed by atoms with van der Waals surface area (Å²) in [6, 6.07) is 12.7. The fourth-order valence-electron chi connectivity index (χ4n) is 6.04. The Hall–Kier alpha value is -3.81. The number of piperazine rings is 1. The van der Waals surface area contributed by atoms with Crippen LogP contribution in [0.15, 0.2) is 42.6 Å². The van der Waals surface area contributed by atoms with Crippen LogP contribution < -0.4 is 4.90 Å². The lowest BCUT2D eigenvalue weighted by Crippen LogP contribution is -2.49. The molecule has 3 aromatic rings. The molecular weight excluding hydrogens is 526 g/mol. The Labute approximate surface area is 250 Å². The molecule has 2 fully saturated rings. The average molecular weight is 572 g/mol. The number of aromatic nitrogens is 2. The van der Waals surface area contributed by atoms with Crippen LogP contribution in [0, 0.1) is 27.7 Å². The number of carbonyl (C=O) groups excluding carboxylic acids is 2. The van der Waals surface area contributed by atoms with E-state index in [9.17, 15) is 9.59 Å². The third-order valence-electron chi connectivity index (χ3n) is 8.79. The smallest absolute Gasteiger partial charge is 0.410 e. The second kappa shape index (κ2) is 11.8. The van der Waals surface area contributed by atoms with E-state index in [1.54, 1.807) is 11.1 Å². The summed E-state index contributed by atoms with van der Waals surface area (Å²) in [5, 5.41) is 4.79. The molecule has 0 radical (unpaired) electrons. The van der Waals surface area contributed by atoms with Gasteiger partial charge in [0.2, 0.25) is 0 Å². The van der Waals surface area contributed by atoms with Crippen LogP contribution >= 0.6 is 0 Å². The summed E-state index contributed by atoms with van der Waals surface area (Å²) in [7, 11) is 0. The molecular formula is C34H45N5O3. The molecule has 0 unspecified atom stereocenters. The molecule has 2 aliphatic rings. The number of aryl methyl sites for hydroxylation is 3. The molecule has 224 valence electrons. The van der Waals surface area contributed by atoms with Crippen molar-refractivity contribution in [2.45, 2.75) is 72.8 Å². The van der Waals surface area contributed by atoms with E-state index in [0.717, 1.165) is 37.3 Å².